The summed E-state index contributed by atoms with van der Waals surface area (Å²) in [4.78, 5) is 0. The van der Waals surface area contributed by atoms with Gasteiger partial charge in [0.25, 0.3) is 0 Å². The molecule has 0 saturated carbocycles. The summed E-state index contributed by atoms with van der Waals surface area (Å²) in [7, 11) is 0. The van der Waals surface area contributed by atoms with E-state index >= 15 is 0 Å². The SMILES string of the molecule is Fc1cccc(Cl)c1[C@H]1NCCS1. The third-order valence-electron chi connectivity index (χ3n) is 1.98. The summed E-state index contributed by atoms with van der Waals surface area (Å²) < 4.78 is 13.4. The zero-order chi connectivity index (χ0) is 9.26. The minimum Gasteiger partial charge on any atom is -0.301 e. The molecule has 2 rings (SSSR count). The monoisotopic (exact) mass is 217 g/mol. The van der Waals surface area contributed by atoms with Gasteiger partial charge in [-0.15, -0.1) is 11.8 Å². The highest BCUT2D eigenvalue weighted by Gasteiger charge is 2.22. The predicted molar refractivity (Wildman–Crippen MR) is 54.6 cm³/mol. The van der Waals surface area contributed by atoms with Gasteiger partial charge >= 0.3 is 0 Å². The van der Waals surface area contributed by atoms with Gasteiger partial charge in [-0.2, -0.15) is 0 Å². The molecule has 1 aromatic carbocycles. The van der Waals surface area contributed by atoms with Crippen LogP contribution in [0.3, 0.4) is 0 Å². The molecule has 1 atom stereocenters. The molecular formula is C9H9ClFNS. The van der Waals surface area contributed by atoms with Crippen LogP contribution in [0.25, 0.3) is 0 Å². The smallest absolute Gasteiger partial charge is 0.130 e. The average molecular weight is 218 g/mol. The van der Waals surface area contributed by atoms with Crippen molar-refractivity contribution in [2.24, 2.45) is 0 Å². The molecule has 1 saturated heterocycles. The molecule has 1 heterocycles. The normalized spacial score (nSPS) is 22.2. The Morgan fingerprint density at radius 1 is 1.54 bits per heavy atom. The largest absolute Gasteiger partial charge is 0.301 e. The van der Waals surface area contributed by atoms with Gasteiger partial charge in [0, 0.05) is 22.9 Å². The van der Waals surface area contributed by atoms with Crippen LogP contribution in [-0.4, -0.2) is 12.3 Å². The topological polar surface area (TPSA) is 12.0 Å². The van der Waals surface area contributed by atoms with E-state index in [4.69, 9.17) is 11.6 Å². The number of rotatable bonds is 1. The molecule has 0 aliphatic carbocycles. The number of halogens is 2. The highest BCUT2D eigenvalue weighted by Crippen LogP contribution is 2.35. The molecule has 0 unspecified atom stereocenters. The van der Waals surface area contributed by atoms with Crippen molar-refractivity contribution in [3.8, 4) is 0 Å². The third-order valence-corrected chi connectivity index (χ3v) is 3.48. The highest BCUT2D eigenvalue weighted by atomic mass is 35.5. The lowest BCUT2D eigenvalue weighted by Crippen LogP contribution is -2.13. The second-order valence-electron chi connectivity index (χ2n) is 2.84. The molecule has 0 spiro atoms. The molecule has 13 heavy (non-hydrogen) atoms. The van der Waals surface area contributed by atoms with Crippen molar-refractivity contribution >= 4 is 23.4 Å². The fourth-order valence-corrected chi connectivity index (χ4v) is 2.82. The van der Waals surface area contributed by atoms with Gasteiger partial charge in [0.1, 0.15) is 5.82 Å². The first kappa shape index (κ1) is 9.31. The van der Waals surface area contributed by atoms with Crippen LogP contribution in [0.1, 0.15) is 10.9 Å². The maximum Gasteiger partial charge on any atom is 0.130 e. The Morgan fingerprint density at radius 2 is 2.38 bits per heavy atom. The van der Waals surface area contributed by atoms with Gasteiger partial charge in [0.15, 0.2) is 0 Å². The van der Waals surface area contributed by atoms with Crippen molar-refractivity contribution in [3.63, 3.8) is 0 Å². The lowest BCUT2D eigenvalue weighted by molar-refractivity contribution is 0.596. The van der Waals surface area contributed by atoms with E-state index in [-0.39, 0.29) is 11.2 Å². The molecule has 0 amide bonds. The zero-order valence-electron chi connectivity index (χ0n) is 6.89. The van der Waals surface area contributed by atoms with Gasteiger partial charge in [0.05, 0.1) is 5.37 Å². The van der Waals surface area contributed by atoms with Crippen LogP contribution in [0.15, 0.2) is 18.2 Å². The molecule has 1 aromatic rings. The quantitative estimate of drug-likeness (QED) is 0.777. The Hall–Kier alpha value is -0.250. The van der Waals surface area contributed by atoms with Gasteiger partial charge < -0.3 is 5.32 Å². The number of hydrogen-bond donors (Lipinski definition) is 1. The Morgan fingerprint density at radius 3 is 3.00 bits per heavy atom. The van der Waals surface area contributed by atoms with E-state index in [1.165, 1.54) is 6.07 Å². The molecule has 4 heteroatoms. The summed E-state index contributed by atoms with van der Waals surface area (Å²) in [6.45, 7) is 0.917. The average Bonchev–Trinajstić information content (AvgIpc) is 2.57. The van der Waals surface area contributed by atoms with Crippen molar-refractivity contribution < 1.29 is 4.39 Å². The Balaban J connectivity index is 2.37. The van der Waals surface area contributed by atoms with Crippen molar-refractivity contribution in [2.75, 3.05) is 12.3 Å². The predicted octanol–water partition coefficient (Wildman–Crippen LogP) is 2.81. The van der Waals surface area contributed by atoms with Crippen molar-refractivity contribution in [1.29, 1.82) is 0 Å². The lowest BCUT2D eigenvalue weighted by atomic mass is 10.2. The van der Waals surface area contributed by atoms with E-state index < -0.39 is 0 Å². The minimum absolute atomic E-state index is 0.0219. The standard InChI is InChI=1S/C9H9ClFNS/c10-6-2-1-3-7(11)8(6)9-12-4-5-13-9/h1-3,9,12H,4-5H2/t9-/m0/s1. The maximum atomic E-state index is 13.4. The van der Waals surface area contributed by atoms with E-state index in [2.05, 4.69) is 5.32 Å². The fraction of sp³-hybridized carbons (Fsp3) is 0.333. The Kier molecular flexibility index (Phi) is 2.77. The van der Waals surface area contributed by atoms with Gasteiger partial charge in [0.2, 0.25) is 0 Å². The molecule has 0 radical (unpaired) electrons. The molecule has 70 valence electrons. The summed E-state index contributed by atoms with van der Waals surface area (Å²) in [5.74, 6) is 0.786. The minimum atomic E-state index is -0.223. The summed E-state index contributed by atoms with van der Waals surface area (Å²) >= 11 is 7.60. The number of benzene rings is 1. The molecule has 1 fully saturated rings. The second-order valence-corrected chi connectivity index (χ2v) is 4.46. The maximum absolute atomic E-state index is 13.4. The van der Waals surface area contributed by atoms with E-state index in [1.807, 2.05) is 0 Å². The first-order valence-corrected chi connectivity index (χ1v) is 5.50. The Bertz CT molecular complexity index is 292. The van der Waals surface area contributed by atoms with Crippen LogP contribution >= 0.6 is 23.4 Å². The van der Waals surface area contributed by atoms with Crippen LogP contribution in [0, 0.1) is 5.82 Å². The van der Waals surface area contributed by atoms with Crippen molar-refractivity contribution in [3.05, 3.63) is 34.6 Å². The molecule has 1 nitrogen and oxygen atoms in total. The van der Waals surface area contributed by atoms with Gasteiger partial charge in [-0.25, -0.2) is 4.39 Å². The van der Waals surface area contributed by atoms with E-state index in [1.54, 1.807) is 23.9 Å². The van der Waals surface area contributed by atoms with Gasteiger partial charge in [-0.1, -0.05) is 17.7 Å². The van der Waals surface area contributed by atoms with Crippen LogP contribution in [0.5, 0.6) is 0 Å². The number of thioether (sulfide) groups is 1. The van der Waals surface area contributed by atoms with Crippen molar-refractivity contribution in [1.82, 2.24) is 5.32 Å². The molecule has 1 N–H and O–H groups in total. The van der Waals surface area contributed by atoms with Gasteiger partial charge in [-0.3, -0.25) is 0 Å². The molecule has 1 aliphatic heterocycles. The first-order chi connectivity index (χ1) is 6.29. The van der Waals surface area contributed by atoms with E-state index in [0.717, 1.165) is 12.3 Å². The second kappa shape index (κ2) is 3.86. The molecular weight excluding hydrogens is 209 g/mol. The van der Waals surface area contributed by atoms with Crippen LogP contribution in [0.2, 0.25) is 5.02 Å². The highest BCUT2D eigenvalue weighted by molar-refractivity contribution is 7.99. The fourth-order valence-electron chi connectivity index (χ4n) is 1.37. The summed E-state index contributed by atoms with van der Waals surface area (Å²) in [6.07, 6.45) is 0. The summed E-state index contributed by atoms with van der Waals surface area (Å²) in [6, 6.07) is 4.79. The first-order valence-electron chi connectivity index (χ1n) is 4.08. The van der Waals surface area contributed by atoms with Crippen LogP contribution < -0.4 is 5.32 Å². The summed E-state index contributed by atoms with van der Waals surface area (Å²) in [5, 5.41) is 3.72. The lowest BCUT2D eigenvalue weighted by Gasteiger charge is -2.12. The Labute approximate surface area is 85.7 Å². The van der Waals surface area contributed by atoms with Gasteiger partial charge in [-0.05, 0) is 12.1 Å². The molecule has 0 aromatic heterocycles. The zero-order valence-corrected chi connectivity index (χ0v) is 8.46. The van der Waals surface area contributed by atoms with E-state index in [0.29, 0.717) is 10.6 Å². The third kappa shape index (κ3) is 1.82. The van der Waals surface area contributed by atoms with Crippen LogP contribution in [0.4, 0.5) is 4.39 Å². The summed E-state index contributed by atoms with van der Waals surface area (Å²) in [5.41, 5.74) is 0.590. The molecule has 0 bridgehead atoms. The van der Waals surface area contributed by atoms with Crippen molar-refractivity contribution in [2.45, 2.75) is 5.37 Å². The van der Waals surface area contributed by atoms with E-state index in [9.17, 15) is 4.39 Å². The van der Waals surface area contributed by atoms with Crippen LogP contribution in [-0.2, 0) is 0 Å². The number of hydrogen-bond acceptors (Lipinski definition) is 2. The number of nitrogens with one attached hydrogen (secondary N) is 1. The molecule has 1 aliphatic rings.